The third-order valence-electron chi connectivity index (χ3n) is 2.52. The van der Waals surface area contributed by atoms with Crippen LogP contribution in [-0.4, -0.2) is 11.5 Å². The molecule has 0 fully saturated rings. The molecule has 3 heteroatoms. The first-order valence-electron chi connectivity index (χ1n) is 4.69. The van der Waals surface area contributed by atoms with Gasteiger partial charge in [0.1, 0.15) is 0 Å². The SMILES string of the molecule is Cc1c(CCN)[nH]c2cc(Cl)ccc12. The van der Waals surface area contributed by atoms with Gasteiger partial charge < -0.3 is 10.7 Å². The fourth-order valence-corrected chi connectivity index (χ4v) is 1.93. The summed E-state index contributed by atoms with van der Waals surface area (Å²) in [6, 6.07) is 5.91. The maximum Gasteiger partial charge on any atom is 0.0473 e. The second-order valence-corrected chi connectivity index (χ2v) is 3.89. The molecule has 2 rings (SSSR count). The summed E-state index contributed by atoms with van der Waals surface area (Å²) in [5.41, 5.74) is 9.12. The standard InChI is InChI=1S/C11H13ClN2/c1-7-9-3-2-8(12)6-11(9)14-10(7)4-5-13/h2-3,6,14H,4-5,13H2,1H3. The average Bonchev–Trinajstić information content (AvgIpc) is 2.44. The van der Waals surface area contributed by atoms with Crippen LogP contribution in [-0.2, 0) is 6.42 Å². The summed E-state index contributed by atoms with van der Waals surface area (Å²) in [6.45, 7) is 2.78. The second-order valence-electron chi connectivity index (χ2n) is 3.46. The van der Waals surface area contributed by atoms with E-state index >= 15 is 0 Å². The highest BCUT2D eigenvalue weighted by molar-refractivity contribution is 6.31. The van der Waals surface area contributed by atoms with Crippen LogP contribution in [0.1, 0.15) is 11.3 Å². The van der Waals surface area contributed by atoms with Gasteiger partial charge in [-0.2, -0.15) is 0 Å². The minimum Gasteiger partial charge on any atom is -0.358 e. The average molecular weight is 209 g/mol. The maximum atomic E-state index is 5.91. The highest BCUT2D eigenvalue weighted by Gasteiger charge is 2.06. The monoisotopic (exact) mass is 208 g/mol. The van der Waals surface area contributed by atoms with Crippen LogP contribution < -0.4 is 5.73 Å². The Morgan fingerprint density at radius 1 is 1.43 bits per heavy atom. The van der Waals surface area contributed by atoms with Crippen molar-refractivity contribution in [2.45, 2.75) is 13.3 Å². The highest BCUT2D eigenvalue weighted by atomic mass is 35.5. The number of nitrogens with one attached hydrogen (secondary N) is 1. The normalized spacial score (nSPS) is 11.1. The topological polar surface area (TPSA) is 41.8 Å². The van der Waals surface area contributed by atoms with Crippen LogP contribution in [0.5, 0.6) is 0 Å². The van der Waals surface area contributed by atoms with Crippen LogP contribution in [0.4, 0.5) is 0 Å². The molecule has 0 aliphatic carbocycles. The minimum absolute atomic E-state index is 0.668. The predicted molar refractivity (Wildman–Crippen MR) is 60.8 cm³/mol. The molecule has 0 unspecified atom stereocenters. The van der Waals surface area contributed by atoms with Gasteiger partial charge in [0.25, 0.3) is 0 Å². The Morgan fingerprint density at radius 2 is 2.21 bits per heavy atom. The van der Waals surface area contributed by atoms with Crippen molar-refractivity contribution >= 4 is 22.5 Å². The van der Waals surface area contributed by atoms with Gasteiger partial charge >= 0.3 is 0 Å². The molecule has 0 aliphatic rings. The van der Waals surface area contributed by atoms with Gasteiger partial charge in [0.15, 0.2) is 0 Å². The fraction of sp³-hybridized carbons (Fsp3) is 0.273. The van der Waals surface area contributed by atoms with Crippen LogP contribution in [0.15, 0.2) is 18.2 Å². The first kappa shape index (κ1) is 9.56. The smallest absolute Gasteiger partial charge is 0.0473 e. The number of halogens is 1. The number of nitrogens with two attached hydrogens (primary N) is 1. The molecule has 0 bridgehead atoms. The predicted octanol–water partition coefficient (Wildman–Crippen LogP) is 2.63. The number of benzene rings is 1. The van der Waals surface area contributed by atoms with Gasteiger partial charge in [-0.15, -0.1) is 0 Å². The summed E-state index contributed by atoms with van der Waals surface area (Å²) in [5.74, 6) is 0. The van der Waals surface area contributed by atoms with Crippen molar-refractivity contribution < 1.29 is 0 Å². The molecule has 0 radical (unpaired) electrons. The highest BCUT2D eigenvalue weighted by Crippen LogP contribution is 2.24. The third-order valence-corrected chi connectivity index (χ3v) is 2.75. The molecular weight excluding hydrogens is 196 g/mol. The van der Waals surface area contributed by atoms with E-state index in [0.717, 1.165) is 17.0 Å². The van der Waals surface area contributed by atoms with Crippen LogP contribution in [0.3, 0.4) is 0 Å². The molecule has 0 saturated heterocycles. The summed E-state index contributed by atoms with van der Waals surface area (Å²) in [4.78, 5) is 3.34. The molecule has 0 amide bonds. The summed E-state index contributed by atoms with van der Waals surface area (Å²) in [6.07, 6.45) is 0.887. The molecule has 0 saturated carbocycles. The molecule has 0 aliphatic heterocycles. The number of hydrogen-bond acceptors (Lipinski definition) is 1. The summed E-state index contributed by atoms with van der Waals surface area (Å²) >= 11 is 5.91. The lowest BCUT2D eigenvalue weighted by Crippen LogP contribution is -2.03. The van der Waals surface area contributed by atoms with E-state index in [2.05, 4.69) is 11.9 Å². The lowest BCUT2D eigenvalue weighted by molar-refractivity contribution is 0.930. The first-order valence-corrected chi connectivity index (χ1v) is 5.07. The lowest BCUT2D eigenvalue weighted by Gasteiger charge is -1.94. The molecule has 14 heavy (non-hydrogen) atoms. The number of hydrogen-bond donors (Lipinski definition) is 2. The Kier molecular flexibility index (Phi) is 2.48. The number of aryl methyl sites for hydroxylation is 1. The molecule has 0 spiro atoms. The van der Waals surface area contributed by atoms with E-state index in [-0.39, 0.29) is 0 Å². The third kappa shape index (κ3) is 1.51. The number of fused-ring (bicyclic) bond motifs is 1. The van der Waals surface area contributed by atoms with E-state index in [4.69, 9.17) is 17.3 Å². The molecule has 74 valence electrons. The van der Waals surface area contributed by atoms with Gasteiger partial charge in [-0.25, -0.2) is 0 Å². The van der Waals surface area contributed by atoms with E-state index in [1.165, 1.54) is 16.6 Å². The molecule has 1 heterocycles. The van der Waals surface area contributed by atoms with Gasteiger partial charge in [0.2, 0.25) is 0 Å². The zero-order valence-electron chi connectivity index (χ0n) is 8.10. The van der Waals surface area contributed by atoms with E-state index in [9.17, 15) is 0 Å². The zero-order valence-corrected chi connectivity index (χ0v) is 8.86. The van der Waals surface area contributed by atoms with Gasteiger partial charge in [-0.1, -0.05) is 17.7 Å². The Hall–Kier alpha value is -0.990. The first-order chi connectivity index (χ1) is 6.72. The van der Waals surface area contributed by atoms with Gasteiger partial charge in [0.05, 0.1) is 0 Å². The Labute approximate surface area is 88.1 Å². The van der Waals surface area contributed by atoms with Crippen LogP contribution >= 0.6 is 11.6 Å². The lowest BCUT2D eigenvalue weighted by atomic mass is 10.1. The Morgan fingerprint density at radius 3 is 2.93 bits per heavy atom. The van der Waals surface area contributed by atoms with Gasteiger partial charge in [-0.3, -0.25) is 0 Å². The van der Waals surface area contributed by atoms with Crippen LogP contribution in [0, 0.1) is 6.92 Å². The summed E-state index contributed by atoms with van der Waals surface area (Å²) in [7, 11) is 0. The minimum atomic E-state index is 0.668. The van der Waals surface area contributed by atoms with Crippen LogP contribution in [0.2, 0.25) is 5.02 Å². The van der Waals surface area contributed by atoms with E-state index < -0.39 is 0 Å². The van der Waals surface area contributed by atoms with Crippen molar-refractivity contribution in [1.82, 2.24) is 4.98 Å². The second kappa shape index (κ2) is 3.64. The van der Waals surface area contributed by atoms with Crippen molar-refractivity contribution in [3.8, 4) is 0 Å². The van der Waals surface area contributed by atoms with E-state index in [0.29, 0.717) is 6.54 Å². The van der Waals surface area contributed by atoms with Gasteiger partial charge in [-0.05, 0) is 31.2 Å². The van der Waals surface area contributed by atoms with Crippen molar-refractivity contribution in [2.24, 2.45) is 5.73 Å². The van der Waals surface area contributed by atoms with E-state index in [1.807, 2.05) is 18.2 Å². The maximum absolute atomic E-state index is 5.91. The van der Waals surface area contributed by atoms with Crippen LogP contribution in [0.25, 0.3) is 10.9 Å². The Bertz CT molecular complexity index is 460. The number of rotatable bonds is 2. The quantitative estimate of drug-likeness (QED) is 0.783. The van der Waals surface area contributed by atoms with Crippen molar-refractivity contribution in [3.05, 3.63) is 34.5 Å². The molecule has 2 aromatic rings. The van der Waals surface area contributed by atoms with Gasteiger partial charge in [0, 0.05) is 28.0 Å². The number of aromatic amines is 1. The fourth-order valence-electron chi connectivity index (χ4n) is 1.76. The zero-order chi connectivity index (χ0) is 10.1. The van der Waals surface area contributed by atoms with Crippen molar-refractivity contribution in [3.63, 3.8) is 0 Å². The molecule has 1 aromatic heterocycles. The molecular formula is C11H13ClN2. The van der Waals surface area contributed by atoms with E-state index in [1.54, 1.807) is 0 Å². The summed E-state index contributed by atoms with van der Waals surface area (Å²) in [5, 5.41) is 2.00. The molecule has 2 nitrogen and oxygen atoms in total. The van der Waals surface area contributed by atoms with Crippen molar-refractivity contribution in [2.75, 3.05) is 6.54 Å². The Balaban J connectivity index is 2.61. The number of aromatic nitrogens is 1. The molecule has 3 N–H and O–H groups in total. The van der Waals surface area contributed by atoms with Crippen molar-refractivity contribution in [1.29, 1.82) is 0 Å². The number of H-pyrrole nitrogens is 1. The summed E-state index contributed by atoms with van der Waals surface area (Å²) < 4.78 is 0. The molecule has 1 aromatic carbocycles. The molecule has 0 atom stereocenters. The largest absolute Gasteiger partial charge is 0.358 e.